The molecule has 0 amide bonds. The van der Waals surface area contributed by atoms with Gasteiger partial charge in [-0.05, 0) is 75.1 Å². The number of anilines is 1. The van der Waals surface area contributed by atoms with E-state index in [2.05, 4.69) is 11.0 Å². The maximum Gasteiger partial charge on any atom is 0.494 e. The molecule has 0 aliphatic carbocycles. The van der Waals surface area contributed by atoms with E-state index in [0.717, 1.165) is 16.7 Å². The Labute approximate surface area is 290 Å². The predicted octanol–water partition coefficient (Wildman–Crippen LogP) is 9.19. The number of ether oxygens (including phenoxy) is 4. The molecule has 0 saturated heterocycles. The lowest BCUT2D eigenvalue weighted by Crippen LogP contribution is -2.51. The summed E-state index contributed by atoms with van der Waals surface area (Å²) in [5, 5.41) is 9.18. The van der Waals surface area contributed by atoms with Crippen LogP contribution in [-0.2, 0) is 32.7 Å². The largest absolute Gasteiger partial charge is 0.497 e. The first-order valence-electron chi connectivity index (χ1n) is 16.1. The summed E-state index contributed by atoms with van der Waals surface area (Å²) in [6.07, 6.45) is 0.230. The van der Waals surface area contributed by atoms with Crippen LogP contribution in [0.1, 0.15) is 67.5 Å². The topological polar surface area (TPSA) is 90.3 Å². The molecular formula is C39H45FN2O6P+. The quantitative estimate of drug-likeness (QED) is 0.0470. The molecule has 10 heteroatoms. The van der Waals surface area contributed by atoms with Crippen molar-refractivity contribution in [1.29, 1.82) is 5.26 Å². The van der Waals surface area contributed by atoms with Gasteiger partial charge < -0.3 is 23.8 Å². The highest BCUT2D eigenvalue weighted by Gasteiger charge is 2.42. The number of hydrogen-bond donors (Lipinski definition) is 0. The molecular weight excluding hydrogens is 642 g/mol. The van der Waals surface area contributed by atoms with Crippen LogP contribution in [0.2, 0.25) is 0 Å². The average molecular weight is 688 g/mol. The van der Waals surface area contributed by atoms with Crippen molar-refractivity contribution in [2.45, 2.75) is 71.7 Å². The van der Waals surface area contributed by atoms with Crippen LogP contribution in [0.25, 0.3) is 0 Å². The molecule has 0 aliphatic heterocycles. The van der Waals surface area contributed by atoms with E-state index in [1.807, 2.05) is 113 Å². The van der Waals surface area contributed by atoms with Gasteiger partial charge in [-0.15, -0.1) is 4.52 Å². The summed E-state index contributed by atoms with van der Waals surface area (Å²) < 4.78 is 57.0. The monoisotopic (exact) mass is 687 g/mol. The van der Waals surface area contributed by atoms with Crippen LogP contribution in [-0.4, -0.2) is 32.6 Å². The van der Waals surface area contributed by atoms with Crippen molar-refractivity contribution in [2.75, 3.05) is 25.7 Å². The standard InChI is InChI=1S/C39H45FN2O6P/c1-27(2)42(38(4,5)46-23-11-22-41)36-24-29(25-40)35(26-47-49-43)37(28(36)3)48-39(30-12-9-8-10-13-30,31-14-18-33(44-6)19-15-31)32-16-20-34(45-7)21-17-32/h8-10,12-21,24,27,49H,11,23,25-26H2,1-7H3/q+1. The molecule has 1 atom stereocenters. The second-order valence-corrected chi connectivity index (χ2v) is 12.7. The van der Waals surface area contributed by atoms with E-state index >= 15 is 4.39 Å². The Hall–Kier alpha value is -4.48. The van der Waals surface area contributed by atoms with Crippen molar-refractivity contribution in [2.24, 2.45) is 0 Å². The molecule has 0 N–H and O–H groups in total. The summed E-state index contributed by atoms with van der Waals surface area (Å²) in [7, 11) is 2.17. The second-order valence-electron chi connectivity index (χ2n) is 12.3. The molecule has 0 heterocycles. The summed E-state index contributed by atoms with van der Waals surface area (Å²) >= 11 is 0. The average Bonchev–Trinajstić information content (AvgIpc) is 3.11. The van der Waals surface area contributed by atoms with Gasteiger partial charge in [0.15, 0.2) is 5.60 Å². The van der Waals surface area contributed by atoms with Crippen molar-refractivity contribution in [3.05, 3.63) is 118 Å². The maximum absolute atomic E-state index is 15.2. The molecule has 0 radical (unpaired) electrons. The number of hydrogen-bond acceptors (Lipinski definition) is 8. The SMILES string of the molecule is COc1ccc(C(Oc2c(C)c(N(C(C)C)C(C)(C)OCCC#N)cc(CF)c2CO[PH+]=O)(c2ccccc2)c2ccc(OC)cc2)cc1. The number of alkyl halides is 1. The Morgan fingerprint density at radius 1 is 0.898 bits per heavy atom. The molecule has 4 aromatic rings. The minimum atomic E-state index is -1.27. The van der Waals surface area contributed by atoms with Crippen LogP contribution in [0.4, 0.5) is 10.1 Å². The van der Waals surface area contributed by atoms with Gasteiger partial charge in [-0.2, -0.15) is 5.26 Å². The van der Waals surface area contributed by atoms with E-state index in [-0.39, 0.29) is 25.7 Å². The lowest BCUT2D eigenvalue weighted by molar-refractivity contribution is -0.0208. The lowest BCUT2D eigenvalue weighted by atomic mass is 9.79. The van der Waals surface area contributed by atoms with Crippen LogP contribution < -0.4 is 19.1 Å². The highest BCUT2D eigenvalue weighted by molar-refractivity contribution is 7.17. The smallest absolute Gasteiger partial charge is 0.494 e. The van der Waals surface area contributed by atoms with Gasteiger partial charge in [0.2, 0.25) is 0 Å². The third-order valence-corrected chi connectivity index (χ3v) is 8.83. The minimum absolute atomic E-state index is 0.0941. The highest BCUT2D eigenvalue weighted by Crippen LogP contribution is 2.47. The molecule has 0 aromatic heterocycles. The fraction of sp³-hybridized carbons (Fsp3) is 0.359. The molecule has 0 aliphatic rings. The van der Waals surface area contributed by atoms with Gasteiger partial charge in [-0.3, -0.25) is 0 Å². The zero-order chi connectivity index (χ0) is 35.6. The van der Waals surface area contributed by atoms with Crippen LogP contribution >= 0.6 is 8.69 Å². The van der Waals surface area contributed by atoms with Gasteiger partial charge in [0.05, 0.1) is 33.3 Å². The normalized spacial score (nSPS) is 11.8. The Morgan fingerprint density at radius 2 is 1.45 bits per heavy atom. The molecule has 4 rings (SSSR count). The molecule has 0 saturated carbocycles. The van der Waals surface area contributed by atoms with E-state index in [1.165, 1.54) is 0 Å². The third kappa shape index (κ3) is 8.05. The van der Waals surface area contributed by atoms with E-state index in [0.29, 0.717) is 39.6 Å². The van der Waals surface area contributed by atoms with E-state index in [4.69, 9.17) is 23.5 Å². The number of nitrogens with zero attached hydrogens (tertiary/aromatic N) is 2. The van der Waals surface area contributed by atoms with Crippen molar-refractivity contribution >= 4 is 14.4 Å². The molecule has 49 heavy (non-hydrogen) atoms. The van der Waals surface area contributed by atoms with E-state index < -0.39 is 26.7 Å². The van der Waals surface area contributed by atoms with Crippen molar-refractivity contribution in [3.8, 4) is 23.3 Å². The molecule has 258 valence electrons. The Bertz CT molecular complexity index is 1680. The van der Waals surface area contributed by atoms with Crippen LogP contribution in [0.15, 0.2) is 84.9 Å². The van der Waals surface area contributed by atoms with Gasteiger partial charge in [0, 0.05) is 39.5 Å². The summed E-state index contributed by atoms with van der Waals surface area (Å²) in [5.41, 5.74) is 2.42. The fourth-order valence-corrected chi connectivity index (χ4v) is 6.58. The van der Waals surface area contributed by atoms with Crippen molar-refractivity contribution < 1.29 is 32.4 Å². The van der Waals surface area contributed by atoms with Gasteiger partial charge in [-0.1, -0.05) is 54.6 Å². The first kappa shape index (κ1) is 37.3. The predicted molar refractivity (Wildman–Crippen MR) is 191 cm³/mol. The first-order chi connectivity index (χ1) is 23.6. The Morgan fingerprint density at radius 3 is 1.92 bits per heavy atom. The zero-order valence-corrected chi connectivity index (χ0v) is 30.2. The first-order valence-corrected chi connectivity index (χ1v) is 16.9. The van der Waals surface area contributed by atoms with Crippen LogP contribution in [0.3, 0.4) is 0 Å². The fourth-order valence-electron chi connectivity index (χ4n) is 6.38. The molecule has 8 nitrogen and oxygen atoms in total. The van der Waals surface area contributed by atoms with Crippen LogP contribution in [0, 0.1) is 18.3 Å². The third-order valence-electron chi connectivity index (χ3n) is 8.57. The van der Waals surface area contributed by atoms with Gasteiger partial charge in [-0.25, -0.2) is 4.39 Å². The van der Waals surface area contributed by atoms with Crippen molar-refractivity contribution in [1.82, 2.24) is 0 Å². The van der Waals surface area contributed by atoms with Crippen molar-refractivity contribution in [3.63, 3.8) is 0 Å². The van der Waals surface area contributed by atoms with Crippen LogP contribution in [0.5, 0.6) is 17.2 Å². The number of nitriles is 1. The second kappa shape index (κ2) is 16.8. The summed E-state index contributed by atoms with van der Waals surface area (Å²) in [6.45, 7) is 9.11. The van der Waals surface area contributed by atoms with Gasteiger partial charge >= 0.3 is 8.69 Å². The number of benzene rings is 4. The van der Waals surface area contributed by atoms with Gasteiger partial charge in [0.1, 0.15) is 36.3 Å². The van der Waals surface area contributed by atoms with E-state index in [1.54, 1.807) is 20.3 Å². The molecule has 0 fully saturated rings. The lowest BCUT2D eigenvalue weighted by Gasteiger charge is -2.45. The molecule has 0 bridgehead atoms. The molecule has 0 spiro atoms. The Kier molecular flexibility index (Phi) is 12.8. The number of methoxy groups -OCH3 is 2. The Balaban J connectivity index is 2.11. The molecule has 1 unspecified atom stereocenters. The van der Waals surface area contributed by atoms with E-state index in [9.17, 15) is 9.83 Å². The molecule has 4 aromatic carbocycles. The summed E-state index contributed by atoms with van der Waals surface area (Å²) in [5.74, 6) is 1.74. The highest BCUT2D eigenvalue weighted by atomic mass is 31.1. The minimum Gasteiger partial charge on any atom is -0.497 e. The summed E-state index contributed by atoms with van der Waals surface area (Å²) in [6, 6.07) is 28.9. The zero-order valence-electron chi connectivity index (χ0n) is 29.2. The maximum atomic E-state index is 15.2. The van der Waals surface area contributed by atoms with Gasteiger partial charge in [0.25, 0.3) is 0 Å². The number of rotatable bonds is 17. The number of halogens is 1. The summed E-state index contributed by atoms with van der Waals surface area (Å²) in [4.78, 5) is 2.07.